The SMILES string of the molecule is Cc1cc(C)cc(C)c1.O=C[PH](=O)c1ccccc1. The molecule has 0 aliphatic heterocycles. The third-order valence-corrected chi connectivity index (χ3v) is 3.65. The van der Waals surface area contributed by atoms with Gasteiger partial charge in [-0.05, 0) is 20.8 Å². The summed E-state index contributed by atoms with van der Waals surface area (Å²) in [4.78, 5) is 10.0. The summed E-state index contributed by atoms with van der Waals surface area (Å²) in [7, 11) is -2.14. The first kappa shape index (κ1) is 15.4. The average molecular weight is 274 g/mol. The van der Waals surface area contributed by atoms with Crippen LogP contribution in [-0.4, -0.2) is 6.03 Å². The number of benzene rings is 2. The lowest BCUT2D eigenvalue weighted by atomic mass is 10.1. The van der Waals surface area contributed by atoms with Crippen LogP contribution in [0.1, 0.15) is 16.7 Å². The molecule has 2 aromatic carbocycles. The van der Waals surface area contributed by atoms with Crippen LogP contribution in [0.5, 0.6) is 0 Å². The van der Waals surface area contributed by atoms with Crippen molar-refractivity contribution in [1.82, 2.24) is 0 Å². The smallest absolute Gasteiger partial charge is 0.180 e. The number of carbonyl (C=O) groups is 1. The Balaban J connectivity index is 0.000000191. The topological polar surface area (TPSA) is 34.1 Å². The zero-order chi connectivity index (χ0) is 14.3. The summed E-state index contributed by atoms with van der Waals surface area (Å²) >= 11 is 0. The minimum atomic E-state index is -2.14. The minimum absolute atomic E-state index is 0.500. The number of aryl methyl sites for hydroxylation is 3. The summed E-state index contributed by atoms with van der Waals surface area (Å²) in [6.45, 7) is 6.38. The molecule has 0 saturated carbocycles. The van der Waals surface area contributed by atoms with E-state index in [0.29, 0.717) is 11.3 Å². The molecule has 2 aromatic rings. The van der Waals surface area contributed by atoms with Gasteiger partial charge in [-0.3, -0.25) is 4.79 Å². The second kappa shape index (κ2) is 7.70. The average Bonchev–Trinajstić information content (AvgIpc) is 2.38. The van der Waals surface area contributed by atoms with Gasteiger partial charge in [0.05, 0.1) is 0 Å². The van der Waals surface area contributed by atoms with E-state index in [1.54, 1.807) is 24.3 Å². The molecule has 2 rings (SSSR count). The molecular weight excluding hydrogens is 255 g/mol. The van der Waals surface area contributed by atoms with E-state index in [-0.39, 0.29) is 0 Å². The van der Waals surface area contributed by atoms with Crippen molar-refractivity contribution in [3.8, 4) is 0 Å². The van der Waals surface area contributed by atoms with Crippen LogP contribution in [-0.2, 0) is 9.36 Å². The molecule has 0 saturated heterocycles. The zero-order valence-electron chi connectivity index (χ0n) is 11.5. The van der Waals surface area contributed by atoms with Crippen molar-refractivity contribution in [2.45, 2.75) is 20.8 Å². The summed E-state index contributed by atoms with van der Waals surface area (Å²) < 4.78 is 10.8. The Morgan fingerprint density at radius 1 is 0.842 bits per heavy atom. The molecule has 0 N–H and O–H groups in total. The lowest BCUT2D eigenvalue weighted by Gasteiger charge is -1.96. The predicted octanol–water partition coefficient (Wildman–Crippen LogP) is 3.67. The highest BCUT2D eigenvalue weighted by Crippen LogP contribution is 2.12. The monoisotopic (exact) mass is 274 g/mol. The highest BCUT2D eigenvalue weighted by molar-refractivity contribution is 7.68. The van der Waals surface area contributed by atoms with E-state index in [9.17, 15) is 9.36 Å². The Kier molecular flexibility index (Phi) is 6.24. The van der Waals surface area contributed by atoms with E-state index in [2.05, 4.69) is 39.0 Å². The molecule has 0 spiro atoms. The van der Waals surface area contributed by atoms with Gasteiger partial charge in [-0.25, -0.2) is 0 Å². The first-order valence-electron chi connectivity index (χ1n) is 6.12. The molecule has 0 amide bonds. The molecule has 2 nitrogen and oxygen atoms in total. The molecule has 0 heterocycles. The van der Waals surface area contributed by atoms with E-state index in [0.717, 1.165) is 0 Å². The van der Waals surface area contributed by atoms with Crippen molar-refractivity contribution in [3.63, 3.8) is 0 Å². The van der Waals surface area contributed by atoms with Gasteiger partial charge in [-0.2, -0.15) is 0 Å². The van der Waals surface area contributed by atoms with Crippen LogP contribution < -0.4 is 5.30 Å². The van der Waals surface area contributed by atoms with Gasteiger partial charge in [-0.1, -0.05) is 65.2 Å². The maximum atomic E-state index is 10.8. The second-order valence-electron chi connectivity index (χ2n) is 4.51. The maximum absolute atomic E-state index is 10.8. The van der Waals surface area contributed by atoms with Crippen LogP contribution in [0.3, 0.4) is 0 Å². The fraction of sp³-hybridized carbons (Fsp3) is 0.188. The van der Waals surface area contributed by atoms with Crippen molar-refractivity contribution >= 4 is 19.1 Å². The van der Waals surface area contributed by atoms with Crippen LogP contribution >= 0.6 is 7.80 Å². The molecule has 0 radical (unpaired) electrons. The van der Waals surface area contributed by atoms with Gasteiger partial charge in [-0.15, -0.1) is 0 Å². The van der Waals surface area contributed by atoms with Crippen molar-refractivity contribution < 1.29 is 9.36 Å². The van der Waals surface area contributed by atoms with Gasteiger partial charge in [0.1, 0.15) is 0 Å². The standard InChI is InChI=1S/C9H12.C7H7O2P/c1-7-4-8(2)6-9(3)5-7;8-6-10(9)7-4-2-1-3-5-7/h4-6H,1-3H3;1-6,10H. The lowest BCUT2D eigenvalue weighted by molar-refractivity contribution is 0.560. The minimum Gasteiger partial charge on any atom is -0.314 e. The Bertz CT molecular complexity index is 512. The summed E-state index contributed by atoms with van der Waals surface area (Å²) in [5.74, 6) is 0. The van der Waals surface area contributed by atoms with Crippen LogP contribution in [0.25, 0.3) is 0 Å². The van der Waals surface area contributed by atoms with E-state index in [1.165, 1.54) is 16.7 Å². The Morgan fingerprint density at radius 2 is 1.26 bits per heavy atom. The summed E-state index contributed by atoms with van der Waals surface area (Å²) in [5.41, 5.74) is 4.06. The van der Waals surface area contributed by atoms with Crippen LogP contribution in [0, 0.1) is 20.8 Å². The number of hydrogen-bond donors (Lipinski definition) is 0. The molecular formula is C16H19O2P. The fourth-order valence-corrected chi connectivity index (χ4v) is 2.53. The normalized spacial score (nSPS) is 11.1. The highest BCUT2D eigenvalue weighted by Gasteiger charge is 1.97. The van der Waals surface area contributed by atoms with Crippen molar-refractivity contribution in [3.05, 3.63) is 65.2 Å². The molecule has 0 aromatic heterocycles. The number of carbonyl (C=O) groups excluding carboxylic acids is 1. The Labute approximate surface area is 115 Å². The van der Waals surface area contributed by atoms with Gasteiger partial charge in [0.15, 0.2) is 13.8 Å². The van der Waals surface area contributed by atoms with E-state index < -0.39 is 7.80 Å². The lowest BCUT2D eigenvalue weighted by Crippen LogP contribution is -1.93. The van der Waals surface area contributed by atoms with Crippen molar-refractivity contribution in [1.29, 1.82) is 0 Å². The highest BCUT2D eigenvalue weighted by atomic mass is 31.1. The van der Waals surface area contributed by atoms with Gasteiger partial charge < -0.3 is 4.57 Å². The molecule has 0 fully saturated rings. The van der Waals surface area contributed by atoms with Gasteiger partial charge in [0.2, 0.25) is 0 Å². The van der Waals surface area contributed by atoms with E-state index in [4.69, 9.17) is 0 Å². The fourth-order valence-electron chi connectivity index (χ4n) is 1.87. The van der Waals surface area contributed by atoms with Crippen LogP contribution in [0.4, 0.5) is 0 Å². The Hall–Kier alpha value is -1.66. The van der Waals surface area contributed by atoms with Crippen LogP contribution in [0.2, 0.25) is 0 Å². The molecule has 0 bridgehead atoms. The molecule has 0 aliphatic carbocycles. The second-order valence-corrected chi connectivity index (χ2v) is 6.05. The van der Waals surface area contributed by atoms with Crippen LogP contribution in [0.15, 0.2) is 48.5 Å². The third kappa shape index (κ3) is 5.67. The van der Waals surface area contributed by atoms with Crippen molar-refractivity contribution in [2.24, 2.45) is 0 Å². The van der Waals surface area contributed by atoms with Gasteiger partial charge >= 0.3 is 0 Å². The Morgan fingerprint density at radius 3 is 1.63 bits per heavy atom. The summed E-state index contributed by atoms with van der Waals surface area (Å²) in [6.07, 6.45) is 0. The molecule has 100 valence electrons. The van der Waals surface area contributed by atoms with Crippen molar-refractivity contribution in [2.75, 3.05) is 0 Å². The molecule has 0 aliphatic rings. The first-order chi connectivity index (χ1) is 9.02. The maximum Gasteiger partial charge on any atom is 0.180 e. The van der Waals surface area contributed by atoms with Gasteiger partial charge in [0, 0.05) is 5.30 Å². The third-order valence-electron chi connectivity index (χ3n) is 2.53. The molecule has 19 heavy (non-hydrogen) atoms. The number of hydrogen-bond acceptors (Lipinski definition) is 2. The predicted molar refractivity (Wildman–Crippen MR) is 82.5 cm³/mol. The molecule has 3 heteroatoms. The largest absolute Gasteiger partial charge is 0.314 e. The van der Waals surface area contributed by atoms with E-state index in [1.807, 2.05) is 6.07 Å². The number of rotatable bonds is 2. The quantitative estimate of drug-likeness (QED) is 0.618. The van der Waals surface area contributed by atoms with Gasteiger partial charge in [0.25, 0.3) is 0 Å². The molecule has 1 atom stereocenters. The summed E-state index contributed by atoms with van der Waals surface area (Å²) in [6, 6.07) is 15.8. The zero-order valence-corrected chi connectivity index (χ0v) is 12.5. The molecule has 1 unspecified atom stereocenters. The first-order valence-corrected chi connectivity index (χ1v) is 7.61. The summed E-state index contributed by atoms with van der Waals surface area (Å²) in [5, 5.41) is 0.627. The van der Waals surface area contributed by atoms with E-state index >= 15 is 0 Å².